The zero-order valence-corrected chi connectivity index (χ0v) is 10.4. The molecule has 0 saturated heterocycles. The number of nitrogens with zero attached hydrogens (tertiary/aromatic N) is 2. The highest BCUT2D eigenvalue weighted by atomic mass is 32.1. The van der Waals surface area contributed by atoms with Crippen LogP contribution in [0.15, 0.2) is 24.5 Å². The molecule has 2 aromatic rings. The third-order valence-electron chi connectivity index (χ3n) is 2.57. The van der Waals surface area contributed by atoms with Crippen LogP contribution < -0.4 is 0 Å². The summed E-state index contributed by atoms with van der Waals surface area (Å²) in [5, 5.41) is 11.6. The summed E-state index contributed by atoms with van der Waals surface area (Å²) in [6, 6.07) is 3.70. The lowest BCUT2D eigenvalue weighted by Gasteiger charge is -2.22. The number of rotatable bonds is 2. The van der Waals surface area contributed by atoms with Gasteiger partial charge in [-0.1, -0.05) is 6.07 Å². The van der Waals surface area contributed by atoms with Crippen molar-refractivity contribution in [3.8, 4) is 0 Å². The second-order valence-electron chi connectivity index (χ2n) is 3.96. The summed E-state index contributed by atoms with van der Waals surface area (Å²) in [6.07, 6.45) is 3.39. The van der Waals surface area contributed by atoms with E-state index in [9.17, 15) is 5.11 Å². The Kier molecular flexibility index (Phi) is 2.78. The van der Waals surface area contributed by atoms with Crippen molar-refractivity contribution in [3.05, 3.63) is 45.7 Å². The third kappa shape index (κ3) is 1.86. The van der Waals surface area contributed by atoms with E-state index in [0.717, 1.165) is 21.1 Å². The van der Waals surface area contributed by atoms with Crippen molar-refractivity contribution in [2.45, 2.75) is 26.4 Å². The highest BCUT2D eigenvalue weighted by Crippen LogP contribution is 2.34. The zero-order valence-electron chi connectivity index (χ0n) is 9.56. The van der Waals surface area contributed by atoms with Gasteiger partial charge in [0.25, 0.3) is 0 Å². The molecule has 16 heavy (non-hydrogen) atoms. The van der Waals surface area contributed by atoms with Crippen molar-refractivity contribution in [1.29, 1.82) is 0 Å². The number of hydrogen-bond donors (Lipinski definition) is 1. The van der Waals surface area contributed by atoms with E-state index in [1.807, 2.05) is 26.0 Å². The predicted octanol–water partition coefficient (Wildman–Crippen LogP) is 2.41. The van der Waals surface area contributed by atoms with Gasteiger partial charge in [0.05, 0.1) is 15.6 Å². The fraction of sp³-hybridized carbons (Fsp3) is 0.333. The molecule has 2 rings (SSSR count). The fourth-order valence-corrected chi connectivity index (χ4v) is 2.75. The zero-order chi connectivity index (χ0) is 11.8. The maximum absolute atomic E-state index is 10.6. The van der Waals surface area contributed by atoms with Crippen LogP contribution >= 0.6 is 11.3 Å². The maximum atomic E-state index is 10.6. The van der Waals surface area contributed by atoms with Crippen molar-refractivity contribution in [2.75, 3.05) is 0 Å². The van der Waals surface area contributed by atoms with Crippen LogP contribution in [0.4, 0.5) is 0 Å². The van der Waals surface area contributed by atoms with E-state index in [4.69, 9.17) is 0 Å². The number of aliphatic hydroxyl groups is 1. The van der Waals surface area contributed by atoms with Crippen LogP contribution in [0.25, 0.3) is 0 Å². The molecular formula is C12H14N2OS. The lowest BCUT2D eigenvalue weighted by Crippen LogP contribution is -2.22. The molecule has 0 aliphatic heterocycles. The largest absolute Gasteiger partial charge is 0.380 e. The molecule has 0 spiro atoms. The molecule has 1 unspecified atom stereocenters. The second-order valence-corrected chi connectivity index (χ2v) is 5.16. The molecular weight excluding hydrogens is 220 g/mol. The van der Waals surface area contributed by atoms with Crippen molar-refractivity contribution in [3.63, 3.8) is 0 Å². The van der Waals surface area contributed by atoms with E-state index >= 15 is 0 Å². The van der Waals surface area contributed by atoms with E-state index in [1.165, 1.54) is 11.3 Å². The van der Waals surface area contributed by atoms with Crippen LogP contribution in [0.5, 0.6) is 0 Å². The topological polar surface area (TPSA) is 46.0 Å². The van der Waals surface area contributed by atoms with Crippen molar-refractivity contribution in [1.82, 2.24) is 9.97 Å². The Morgan fingerprint density at radius 2 is 2.12 bits per heavy atom. The van der Waals surface area contributed by atoms with Gasteiger partial charge in [-0.05, 0) is 26.8 Å². The SMILES string of the molecule is Cc1nc(C)c(C(C)(O)c2cccnc2)s1. The third-order valence-corrected chi connectivity index (χ3v) is 3.85. The van der Waals surface area contributed by atoms with Crippen molar-refractivity contribution >= 4 is 11.3 Å². The smallest absolute Gasteiger partial charge is 0.124 e. The second kappa shape index (κ2) is 3.96. The maximum Gasteiger partial charge on any atom is 0.124 e. The molecule has 2 heterocycles. The molecule has 1 atom stereocenters. The van der Waals surface area contributed by atoms with Gasteiger partial charge in [0.2, 0.25) is 0 Å². The molecule has 0 aromatic carbocycles. The molecule has 0 aliphatic rings. The van der Waals surface area contributed by atoms with Gasteiger partial charge in [-0.2, -0.15) is 0 Å². The minimum Gasteiger partial charge on any atom is -0.380 e. The Balaban J connectivity index is 2.51. The standard InChI is InChI=1S/C12H14N2OS/c1-8-11(16-9(2)14-8)12(3,15)10-5-4-6-13-7-10/h4-7,15H,1-3H3. The fourth-order valence-electron chi connectivity index (χ4n) is 1.76. The van der Waals surface area contributed by atoms with E-state index in [0.29, 0.717) is 0 Å². The summed E-state index contributed by atoms with van der Waals surface area (Å²) >= 11 is 1.53. The van der Waals surface area contributed by atoms with Gasteiger partial charge in [0.15, 0.2) is 0 Å². The summed E-state index contributed by atoms with van der Waals surface area (Å²) in [5.74, 6) is 0. The Labute approximate surface area is 98.8 Å². The molecule has 0 aliphatic carbocycles. The lowest BCUT2D eigenvalue weighted by molar-refractivity contribution is 0.105. The Bertz CT molecular complexity index is 491. The van der Waals surface area contributed by atoms with Gasteiger partial charge in [-0.15, -0.1) is 11.3 Å². The number of hydrogen-bond acceptors (Lipinski definition) is 4. The van der Waals surface area contributed by atoms with Crippen LogP contribution in [0.1, 0.15) is 28.1 Å². The summed E-state index contributed by atoms with van der Waals surface area (Å²) in [5.41, 5.74) is 0.669. The van der Waals surface area contributed by atoms with Gasteiger partial charge in [-0.3, -0.25) is 4.98 Å². The first-order chi connectivity index (χ1) is 7.51. The number of aromatic nitrogens is 2. The first kappa shape index (κ1) is 11.2. The van der Waals surface area contributed by atoms with Gasteiger partial charge in [-0.25, -0.2) is 4.98 Å². The van der Waals surface area contributed by atoms with Crippen molar-refractivity contribution < 1.29 is 5.11 Å². The average Bonchev–Trinajstić information content (AvgIpc) is 2.60. The van der Waals surface area contributed by atoms with Gasteiger partial charge >= 0.3 is 0 Å². The summed E-state index contributed by atoms with van der Waals surface area (Å²) < 4.78 is 0. The minimum absolute atomic E-state index is 0.793. The summed E-state index contributed by atoms with van der Waals surface area (Å²) in [4.78, 5) is 9.27. The first-order valence-electron chi connectivity index (χ1n) is 5.09. The Morgan fingerprint density at radius 1 is 1.38 bits per heavy atom. The predicted molar refractivity (Wildman–Crippen MR) is 64.5 cm³/mol. The molecule has 0 amide bonds. The van der Waals surface area contributed by atoms with E-state index in [1.54, 1.807) is 19.3 Å². The van der Waals surface area contributed by atoms with Crippen LogP contribution in [0.2, 0.25) is 0 Å². The molecule has 0 fully saturated rings. The van der Waals surface area contributed by atoms with E-state index < -0.39 is 5.60 Å². The molecule has 0 saturated carbocycles. The number of aryl methyl sites for hydroxylation is 2. The normalized spacial score (nSPS) is 14.8. The van der Waals surface area contributed by atoms with Gasteiger partial charge in [0.1, 0.15) is 5.60 Å². The molecule has 4 heteroatoms. The Hall–Kier alpha value is -1.26. The highest BCUT2D eigenvalue weighted by Gasteiger charge is 2.30. The van der Waals surface area contributed by atoms with Gasteiger partial charge in [0, 0.05) is 18.0 Å². The highest BCUT2D eigenvalue weighted by molar-refractivity contribution is 7.11. The van der Waals surface area contributed by atoms with Crippen LogP contribution in [-0.2, 0) is 5.60 Å². The summed E-state index contributed by atoms with van der Waals surface area (Å²) in [7, 11) is 0. The average molecular weight is 234 g/mol. The van der Waals surface area contributed by atoms with E-state index in [-0.39, 0.29) is 0 Å². The van der Waals surface area contributed by atoms with Crippen LogP contribution in [0.3, 0.4) is 0 Å². The molecule has 2 aromatic heterocycles. The van der Waals surface area contributed by atoms with Crippen LogP contribution in [0, 0.1) is 13.8 Å². The number of pyridine rings is 1. The molecule has 3 nitrogen and oxygen atoms in total. The van der Waals surface area contributed by atoms with E-state index in [2.05, 4.69) is 9.97 Å². The molecule has 84 valence electrons. The monoisotopic (exact) mass is 234 g/mol. The minimum atomic E-state index is -1.01. The molecule has 0 bridgehead atoms. The molecule has 1 N–H and O–H groups in total. The lowest BCUT2D eigenvalue weighted by atomic mass is 9.95. The quantitative estimate of drug-likeness (QED) is 0.868. The Morgan fingerprint density at radius 3 is 2.62 bits per heavy atom. The van der Waals surface area contributed by atoms with Crippen LogP contribution in [-0.4, -0.2) is 15.1 Å². The molecule has 0 radical (unpaired) electrons. The summed E-state index contributed by atoms with van der Waals surface area (Å²) in [6.45, 7) is 5.65. The first-order valence-corrected chi connectivity index (χ1v) is 5.91. The van der Waals surface area contributed by atoms with Crippen molar-refractivity contribution in [2.24, 2.45) is 0 Å². The number of thiazole rings is 1. The van der Waals surface area contributed by atoms with Gasteiger partial charge < -0.3 is 5.11 Å².